The van der Waals surface area contributed by atoms with Gasteiger partial charge in [0.25, 0.3) is 0 Å². The second kappa shape index (κ2) is 9.80. The van der Waals surface area contributed by atoms with Gasteiger partial charge in [0.2, 0.25) is 0 Å². The van der Waals surface area contributed by atoms with Crippen LogP contribution in [0.3, 0.4) is 0 Å². The van der Waals surface area contributed by atoms with Crippen molar-refractivity contribution in [3.63, 3.8) is 0 Å². The fraction of sp³-hybridized carbons (Fsp3) is 0.542. The van der Waals surface area contributed by atoms with Crippen LogP contribution in [0.25, 0.3) is 5.00 Å². The van der Waals surface area contributed by atoms with Gasteiger partial charge < -0.3 is 19.2 Å². The minimum absolute atomic E-state index is 0.204. The van der Waals surface area contributed by atoms with E-state index in [9.17, 15) is 9.59 Å². The normalized spacial score (nSPS) is 12.9. The molecule has 10 nitrogen and oxygen atoms in total. The number of esters is 1. The van der Waals surface area contributed by atoms with Crippen molar-refractivity contribution in [2.45, 2.75) is 86.0 Å². The standard InChI is InChI=1S/C24H33N5O5S/c1-13-14(2)35-20(18(13)21(30)33-23(4,5)6)29-15(3)27-28-19(29)16(12-17-25-10-11-32-17)26-22(31)34-24(7,8)9/h10-11,16H,12H2,1-9H3,(H,26,31). The number of hydrogen-bond donors (Lipinski definition) is 1. The number of oxazole rings is 1. The molecule has 3 rings (SSSR count). The average molecular weight is 504 g/mol. The lowest BCUT2D eigenvalue weighted by Crippen LogP contribution is -2.37. The molecule has 0 aromatic carbocycles. The van der Waals surface area contributed by atoms with Crippen LogP contribution in [0.4, 0.5) is 4.79 Å². The van der Waals surface area contributed by atoms with Crippen molar-refractivity contribution in [2.75, 3.05) is 0 Å². The molecule has 0 fully saturated rings. The number of amides is 1. The van der Waals surface area contributed by atoms with Crippen LogP contribution >= 0.6 is 11.3 Å². The predicted molar refractivity (Wildman–Crippen MR) is 131 cm³/mol. The number of thiophene rings is 1. The Morgan fingerprint density at radius 3 is 2.31 bits per heavy atom. The van der Waals surface area contributed by atoms with Gasteiger partial charge in [-0.2, -0.15) is 0 Å². The molecule has 0 aliphatic heterocycles. The third-order valence-electron chi connectivity index (χ3n) is 4.89. The van der Waals surface area contributed by atoms with Crippen molar-refractivity contribution < 1.29 is 23.5 Å². The highest BCUT2D eigenvalue weighted by molar-refractivity contribution is 7.15. The highest BCUT2D eigenvalue weighted by Crippen LogP contribution is 2.35. The number of rotatable bonds is 6. The molecule has 0 bridgehead atoms. The van der Waals surface area contributed by atoms with Crippen LogP contribution in [0, 0.1) is 20.8 Å². The van der Waals surface area contributed by atoms with Crippen LogP contribution < -0.4 is 5.32 Å². The number of carbonyl (C=O) groups excluding carboxylic acids is 2. The Hall–Kier alpha value is -3.21. The van der Waals surface area contributed by atoms with Crippen molar-refractivity contribution in [3.05, 3.63) is 46.0 Å². The van der Waals surface area contributed by atoms with Crippen LogP contribution in [0.5, 0.6) is 0 Å². The Balaban J connectivity index is 2.10. The summed E-state index contributed by atoms with van der Waals surface area (Å²) in [7, 11) is 0. The van der Waals surface area contributed by atoms with Crippen molar-refractivity contribution in [1.82, 2.24) is 25.1 Å². The Morgan fingerprint density at radius 2 is 1.74 bits per heavy atom. The Kier molecular flexibility index (Phi) is 7.39. The molecule has 1 amide bonds. The number of hydrogen-bond acceptors (Lipinski definition) is 9. The van der Waals surface area contributed by atoms with E-state index >= 15 is 0 Å². The molecule has 0 saturated carbocycles. The molecule has 0 spiro atoms. The van der Waals surface area contributed by atoms with Gasteiger partial charge in [-0.05, 0) is 67.9 Å². The first kappa shape index (κ1) is 26.4. The van der Waals surface area contributed by atoms with Crippen molar-refractivity contribution >= 4 is 23.4 Å². The summed E-state index contributed by atoms with van der Waals surface area (Å²) in [5.74, 6) is 0.939. The fourth-order valence-corrected chi connectivity index (χ4v) is 4.58. The van der Waals surface area contributed by atoms with Crippen LogP contribution in [0.1, 0.15) is 85.9 Å². The highest BCUT2D eigenvalue weighted by atomic mass is 32.1. The van der Waals surface area contributed by atoms with E-state index in [1.165, 1.54) is 23.8 Å². The zero-order valence-corrected chi connectivity index (χ0v) is 22.5. The number of carbonyl (C=O) groups is 2. The maximum absolute atomic E-state index is 13.2. The average Bonchev–Trinajstić information content (AvgIpc) is 3.39. The lowest BCUT2D eigenvalue weighted by atomic mass is 10.1. The summed E-state index contributed by atoms with van der Waals surface area (Å²) >= 11 is 1.43. The maximum atomic E-state index is 13.2. The van der Waals surface area contributed by atoms with Gasteiger partial charge in [-0.15, -0.1) is 21.5 Å². The molecule has 0 aliphatic rings. The van der Waals surface area contributed by atoms with Crippen molar-refractivity contribution in [1.29, 1.82) is 0 Å². The largest absolute Gasteiger partial charge is 0.456 e. The quantitative estimate of drug-likeness (QED) is 0.466. The summed E-state index contributed by atoms with van der Waals surface area (Å²) in [5.41, 5.74) is -0.0816. The highest BCUT2D eigenvalue weighted by Gasteiger charge is 2.32. The predicted octanol–water partition coefficient (Wildman–Crippen LogP) is 5.01. The molecule has 0 aliphatic carbocycles. The molecule has 3 aromatic heterocycles. The van der Waals surface area contributed by atoms with Gasteiger partial charge in [0.1, 0.15) is 34.3 Å². The molecule has 1 atom stereocenters. The van der Waals surface area contributed by atoms with Gasteiger partial charge in [0.15, 0.2) is 11.7 Å². The lowest BCUT2D eigenvalue weighted by Gasteiger charge is -2.23. The van der Waals surface area contributed by atoms with Gasteiger partial charge in [-0.25, -0.2) is 14.6 Å². The summed E-state index contributed by atoms with van der Waals surface area (Å²) in [4.78, 5) is 31.1. The first-order valence-corrected chi connectivity index (χ1v) is 12.1. The topological polar surface area (TPSA) is 121 Å². The van der Waals surface area contributed by atoms with Crippen LogP contribution in [0.15, 0.2) is 16.9 Å². The molecule has 35 heavy (non-hydrogen) atoms. The van der Waals surface area contributed by atoms with Gasteiger partial charge >= 0.3 is 12.1 Å². The zero-order valence-electron chi connectivity index (χ0n) is 21.7. The molecule has 3 aromatic rings. The Morgan fingerprint density at radius 1 is 1.09 bits per heavy atom. The molecule has 190 valence electrons. The third-order valence-corrected chi connectivity index (χ3v) is 6.08. The Labute approximate surface area is 209 Å². The van der Waals surface area contributed by atoms with E-state index in [4.69, 9.17) is 13.9 Å². The zero-order chi connectivity index (χ0) is 26.1. The summed E-state index contributed by atoms with van der Waals surface area (Å²) in [5, 5.41) is 12.1. The number of aromatic nitrogens is 4. The van der Waals surface area contributed by atoms with Gasteiger partial charge in [0.05, 0.1) is 18.2 Å². The van der Waals surface area contributed by atoms with Crippen LogP contribution in [0.2, 0.25) is 0 Å². The lowest BCUT2D eigenvalue weighted by molar-refractivity contribution is 0.00689. The molecule has 11 heteroatoms. The molecular weight excluding hydrogens is 470 g/mol. The molecule has 0 saturated heterocycles. The molecule has 0 radical (unpaired) electrons. The van der Waals surface area contributed by atoms with Gasteiger partial charge in [-0.3, -0.25) is 4.57 Å². The summed E-state index contributed by atoms with van der Waals surface area (Å²) in [6.45, 7) is 16.4. The smallest absolute Gasteiger partial charge is 0.408 e. The van der Waals surface area contributed by atoms with E-state index in [-0.39, 0.29) is 6.42 Å². The van der Waals surface area contributed by atoms with E-state index in [0.29, 0.717) is 28.1 Å². The van der Waals surface area contributed by atoms with E-state index in [1.54, 1.807) is 32.3 Å². The number of ether oxygens (including phenoxy) is 2. The molecule has 1 unspecified atom stereocenters. The fourth-order valence-electron chi connectivity index (χ4n) is 3.38. The van der Waals surface area contributed by atoms with E-state index in [1.807, 2.05) is 34.6 Å². The number of alkyl carbamates (subject to hydrolysis) is 1. The van der Waals surface area contributed by atoms with Gasteiger partial charge in [0, 0.05) is 4.88 Å². The first-order chi connectivity index (χ1) is 16.2. The Bertz CT molecular complexity index is 1200. The van der Waals surface area contributed by atoms with E-state index in [0.717, 1.165) is 10.4 Å². The van der Waals surface area contributed by atoms with Crippen molar-refractivity contribution in [3.8, 4) is 5.00 Å². The minimum Gasteiger partial charge on any atom is -0.456 e. The molecule has 1 N–H and O–H groups in total. The summed E-state index contributed by atoms with van der Waals surface area (Å²) in [6.07, 6.45) is 2.58. The summed E-state index contributed by atoms with van der Waals surface area (Å²) in [6, 6.07) is -0.695. The van der Waals surface area contributed by atoms with Crippen LogP contribution in [-0.2, 0) is 15.9 Å². The second-order valence-electron chi connectivity index (χ2n) is 10.2. The van der Waals surface area contributed by atoms with Crippen LogP contribution in [-0.4, -0.2) is 43.0 Å². The maximum Gasteiger partial charge on any atom is 0.408 e. The minimum atomic E-state index is -0.695. The molecule has 3 heterocycles. The third kappa shape index (κ3) is 6.47. The van der Waals surface area contributed by atoms with E-state index < -0.39 is 29.3 Å². The molecular formula is C24H33N5O5S. The number of nitrogens with one attached hydrogen (secondary N) is 1. The number of nitrogens with zero attached hydrogens (tertiary/aromatic N) is 4. The summed E-state index contributed by atoms with van der Waals surface area (Å²) < 4.78 is 18.4. The first-order valence-electron chi connectivity index (χ1n) is 11.3. The monoisotopic (exact) mass is 503 g/mol. The van der Waals surface area contributed by atoms with E-state index in [2.05, 4.69) is 20.5 Å². The SMILES string of the molecule is Cc1sc(-n2c(C)nnc2C(Cc2ncco2)NC(=O)OC(C)(C)C)c(C(=O)OC(C)(C)C)c1C. The van der Waals surface area contributed by atoms with Gasteiger partial charge in [-0.1, -0.05) is 0 Å². The van der Waals surface area contributed by atoms with Crippen molar-refractivity contribution in [2.24, 2.45) is 0 Å². The second-order valence-corrected chi connectivity index (χ2v) is 11.4. The number of aryl methyl sites for hydroxylation is 2.